The highest BCUT2D eigenvalue weighted by Gasteiger charge is 2.28. The average molecular weight is 289 g/mol. The molecule has 0 radical (unpaired) electrons. The van der Waals surface area contributed by atoms with E-state index in [1.54, 1.807) is 6.92 Å². The van der Waals surface area contributed by atoms with Crippen molar-refractivity contribution in [1.82, 2.24) is 14.9 Å². The van der Waals surface area contributed by atoms with Crippen molar-refractivity contribution in [2.45, 2.75) is 19.4 Å². The Balaban J connectivity index is 2.50. The molecule has 0 spiro atoms. The van der Waals surface area contributed by atoms with Gasteiger partial charge in [-0.2, -0.15) is 0 Å². The Kier molecular flexibility index (Phi) is 5.49. The van der Waals surface area contributed by atoms with Gasteiger partial charge < -0.3 is 10.2 Å². The average Bonchev–Trinajstić information content (AvgIpc) is 2.32. The lowest BCUT2D eigenvalue weighted by atomic mass is 10.0. The van der Waals surface area contributed by atoms with Gasteiger partial charge in [0.1, 0.15) is 6.04 Å². The van der Waals surface area contributed by atoms with Crippen molar-refractivity contribution in [3.63, 3.8) is 0 Å². The third kappa shape index (κ3) is 4.99. The maximum absolute atomic E-state index is 12.0. The number of carbonyl (C=O) groups excluding carboxylic acids is 2. The van der Waals surface area contributed by atoms with Gasteiger partial charge in [-0.25, -0.2) is 13.1 Å². The monoisotopic (exact) mass is 289 g/mol. The number of sulfonamides is 1. The summed E-state index contributed by atoms with van der Waals surface area (Å²) < 4.78 is 24.0. The second-order valence-corrected chi connectivity index (χ2v) is 6.27. The molecule has 0 bridgehead atoms. The maximum Gasteiger partial charge on any atom is 0.247 e. The summed E-state index contributed by atoms with van der Waals surface area (Å²) >= 11 is 0. The third-order valence-corrected chi connectivity index (χ3v) is 3.52. The largest absolute Gasteiger partial charge is 0.353 e. The van der Waals surface area contributed by atoms with E-state index in [0.29, 0.717) is 13.0 Å². The molecule has 0 fully saturated rings. The van der Waals surface area contributed by atoms with Crippen LogP contribution in [0.2, 0.25) is 0 Å². The molecule has 0 unspecified atom stereocenters. The molecule has 0 aromatic heterocycles. The number of rotatable bonds is 6. The van der Waals surface area contributed by atoms with Crippen LogP contribution in [0.5, 0.6) is 0 Å². The molecule has 1 rings (SSSR count). The van der Waals surface area contributed by atoms with E-state index in [4.69, 9.17) is 0 Å². The number of amides is 2. The Morgan fingerprint density at radius 2 is 2.21 bits per heavy atom. The van der Waals surface area contributed by atoms with Gasteiger partial charge in [-0.1, -0.05) is 6.08 Å². The minimum atomic E-state index is -3.25. The van der Waals surface area contributed by atoms with Crippen molar-refractivity contribution in [3.8, 4) is 0 Å². The standard InChI is InChI=1S/C11H19N3O4S/c1-9-4-3-7-14(8-15)10(9)11(16)12-5-6-13-19(2,17)18/h4,8,10,13H,3,5-7H2,1-2H3,(H,12,16)/t10-/m0/s1. The first-order valence-corrected chi connectivity index (χ1v) is 7.84. The summed E-state index contributed by atoms with van der Waals surface area (Å²) in [5, 5.41) is 2.61. The van der Waals surface area contributed by atoms with Gasteiger partial charge in [0.15, 0.2) is 0 Å². The summed E-state index contributed by atoms with van der Waals surface area (Å²) in [5.41, 5.74) is 0.826. The molecule has 0 saturated heterocycles. The Morgan fingerprint density at radius 3 is 2.79 bits per heavy atom. The van der Waals surface area contributed by atoms with Crippen LogP contribution < -0.4 is 10.0 Å². The summed E-state index contributed by atoms with van der Waals surface area (Å²) in [6, 6.07) is -0.593. The number of hydrogen-bond donors (Lipinski definition) is 2. The van der Waals surface area contributed by atoms with Crippen LogP contribution in [0.4, 0.5) is 0 Å². The zero-order valence-electron chi connectivity index (χ0n) is 11.0. The first kappa shape index (κ1) is 15.6. The van der Waals surface area contributed by atoms with Crippen LogP contribution in [0.1, 0.15) is 13.3 Å². The van der Waals surface area contributed by atoms with E-state index in [1.165, 1.54) is 4.90 Å². The summed E-state index contributed by atoms with van der Waals surface area (Å²) in [6.45, 7) is 2.62. The van der Waals surface area contributed by atoms with Gasteiger partial charge in [0.2, 0.25) is 22.3 Å². The topological polar surface area (TPSA) is 95.6 Å². The van der Waals surface area contributed by atoms with Gasteiger partial charge in [-0.3, -0.25) is 9.59 Å². The highest BCUT2D eigenvalue weighted by molar-refractivity contribution is 7.88. The smallest absolute Gasteiger partial charge is 0.247 e. The van der Waals surface area contributed by atoms with Gasteiger partial charge in [0.25, 0.3) is 0 Å². The van der Waals surface area contributed by atoms with Gasteiger partial charge in [0.05, 0.1) is 6.26 Å². The van der Waals surface area contributed by atoms with Crippen LogP contribution in [0.15, 0.2) is 11.6 Å². The van der Waals surface area contributed by atoms with E-state index in [-0.39, 0.29) is 19.0 Å². The van der Waals surface area contributed by atoms with Crippen molar-refractivity contribution in [2.75, 3.05) is 25.9 Å². The molecule has 19 heavy (non-hydrogen) atoms. The highest BCUT2D eigenvalue weighted by Crippen LogP contribution is 2.15. The lowest BCUT2D eigenvalue weighted by molar-refractivity contribution is -0.131. The van der Waals surface area contributed by atoms with Crippen LogP contribution >= 0.6 is 0 Å². The molecule has 1 heterocycles. The van der Waals surface area contributed by atoms with Crippen molar-refractivity contribution >= 4 is 22.3 Å². The molecule has 1 aliphatic heterocycles. The summed E-state index contributed by atoms with van der Waals surface area (Å²) in [5.74, 6) is -0.296. The van der Waals surface area contributed by atoms with Crippen LogP contribution in [0, 0.1) is 0 Å². The molecule has 2 N–H and O–H groups in total. The lowest BCUT2D eigenvalue weighted by Gasteiger charge is -2.31. The Morgan fingerprint density at radius 1 is 1.53 bits per heavy atom. The molecule has 2 amide bonds. The third-order valence-electron chi connectivity index (χ3n) is 2.79. The molecular weight excluding hydrogens is 270 g/mol. The van der Waals surface area contributed by atoms with Crippen molar-refractivity contribution in [1.29, 1.82) is 0 Å². The molecule has 0 aromatic rings. The summed E-state index contributed by atoms with van der Waals surface area (Å²) in [4.78, 5) is 24.3. The van der Waals surface area contributed by atoms with E-state index in [9.17, 15) is 18.0 Å². The molecule has 0 saturated carbocycles. The van der Waals surface area contributed by atoms with E-state index in [0.717, 1.165) is 18.2 Å². The molecule has 1 atom stereocenters. The fraction of sp³-hybridized carbons (Fsp3) is 0.636. The SMILES string of the molecule is CC1=CCCN(C=O)[C@@H]1C(=O)NCCNS(C)(=O)=O. The van der Waals surface area contributed by atoms with E-state index in [1.807, 2.05) is 6.08 Å². The Labute approximate surface area is 113 Å². The molecular formula is C11H19N3O4S. The van der Waals surface area contributed by atoms with Crippen molar-refractivity contribution < 1.29 is 18.0 Å². The maximum atomic E-state index is 12.0. The van der Waals surface area contributed by atoms with E-state index >= 15 is 0 Å². The molecule has 1 aliphatic rings. The van der Waals surface area contributed by atoms with Crippen LogP contribution in [0.25, 0.3) is 0 Å². The van der Waals surface area contributed by atoms with Gasteiger partial charge >= 0.3 is 0 Å². The summed E-state index contributed by atoms with van der Waals surface area (Å²) in [7, 11) is -3.25. The van der Waals surface area contributed by atoms with Crippen molar-refractivity contribution in [3.05, 3.63) is 11.6 Å². The highest BCUT2D eigenvalue weighted by atomic mass is 32.2. The Bertz CT molecular complexity index is 472. The minimum Gasteiger partial charge on any atom is -0.353 e. The van der Waals surface area contributed by atoms with Gasteiger partial charge in [-0.15, -0.1) is 0 Å². The van der Waals surface area contributed by atoms with Gasteiger partial charge in [-0.05, 0) is 18.9 Å². The number of hydrogen-bond acceptors (Lipinski definition) is 4. The minimum absolute atomic E-state index is 0.126. The molecule has 8 heteroatoms. The second kappa shape index (κ2) is 6.67. The fourth-order valence-corrected chi connectivity index (χ4v) is 2.41. The second-order valence-electron chi connectivity index (χ2n) is 4.44. The van der Waals surface area contributed by atoms with Crippen molar-refractivity contribution in [2.24, 2.45) is 0 Å². The molecule has 7 nitrogen and oxygen atoms in total. The number of nitrogens with one attached hydrogen (secondary N) is 2. The number of nitrogens with zero attached hydrogens (tertiary/aromatic N) is 1. The van der Waals surface area contributed by atoms with Gasteiger partial charge in [0, 0.05) is 19.6 Å². The first-order chi connectivity index (χ1) is 8.85. The normalized spacial score (nSPS) is 19.8. The Hall–Kier alpha value is -1.41. The molecule has 0 aromatic carbocycles. The zero-order chi connectivity index (χ0) is 14.5. The van der Waals surface area contributed by atoms with Crippen LogP contribution in [-0.2, 0) is 19.6 Å². The predicted molar refractivity (Wildman–Crippen MR) is 70.8 cm³/mol. The lowest BCUT2D eigenvalue weighted by Crippen LogP contribution is -2.50. The number of carbonyl (C=O) groups is 2. The molecule has 0 aliphatic carbocycles. The van der Waals surface area contributed by atoms with E-state index in [2.05, 4.69) is 10.0 Å². The quantitative estimate of drug-likeness (QED) is 0.366. The zero-order valence-corrected chi connectivity index (χ0v) is 11.9. The fourth-order valence-electron chi connectivity index (χ4n) is 1.93. The first-order valence-electron chi connectivity index (χ1n) is 5.95. The summed E-state index contributed by atoms with van der Waals surface area (Å²) in [6.07, 6.45) is 4.38. The van der Waals surface area contributed by atoms with E-state index < -0.39 is 16.1 Å². The predicted octanol–water partition coefficient (Wildman–Crippen LogP) is -1.17. The van der Waals surface area contributed by atoms with Crippen LogP contribution in [-0.4, -0.2) is 57.6 Å². The van der Waals surface area contributed by atoms with Crippen LogP contribution in [0.3, 0.4) is 0 Å². The molecule has 108 valence electrons.